The highest BCUT2D eigenvalue weighted by Crippen LogP contribution is 2.20. The molecule has 0 saturated carbocycles. The Kier molecular flexibility index (Phi) is 10.1. The zero-order valence-electron chi connectivity index (χ0n) is 18.3. The topological polar surface area (TPSA) is 188 Å². The number of nitrogens with one attached hydrogen (secondary N) is 3. The third-order valence-corrected chi connectivity index (χ3v) is 5.95. The number of aliphatic hydroxyl groups is 2. The van der Waals surface area contributed by atoms with E-state index in [1.54, 1.807) is 7.05 Å². The number of aliphatic hydroxyl groups excluding tert-OH is 2. The summed E-state index contributed by atoms with van der Waals surface area (Å²) in [5, 5.41) is 28.3. The second-order valence-electron chi connectivity index (χ2n) is 8.31. The summed E-state index contributed by atoms with van der Waals surface area (Å²) in [7, 11) is -1.74. The first kappa shape index (κ1) is 27.0. The van der Waals surface area contributed by atoms with E-state index in [0.29, 0.717) is 6.42 Å². The summed E-state index contributed by atoms with van der Waals surface area (Å²) < 4.78 is 22.7. The van der Waals surface area contributed by atoms with Gasteiger partial charge in [-0.2, -0.15) is 0 Å². The minimum atomic E-state index is -3.37. The van der Waals surface area contributed by atoms with E-state index in [-0.39, 0.29) is 30.1 Å². The highest BCUT2D eigenvalue weighted by Gasteiger charge is 2.35. The lowest BCUT2D eigenvalue weighted by atomic mass is 9.89. The zero-order valence-corrected chi connectivity index (χ0v) is 19.1. The van der Waals surface area contributed by atoms with Gasteiger partial charge in [0.2, 0.25) is 17.7 Å². The van der Waals surface area contributed by atoms with Crippen LogP contribution in [0.25, 0.3) is 0 Å². The monoisotopic (exact) mass is 462 g/mol. The maximum Gasteiger partial charge on any atom is 0.247 e. The molecule has 1 aliphatic rings. The van der Waals surface area contributed by atoms with Gasteiger partial charge in [-0.15, -0.1) is 0 Å². The molecule has 3 amide bonds. The van der Waals surface area contributed by atoms with Gasteiger partial charge in [0, 0.05) is 18.2 Å². The lowest BCUT2D eigenvalue weighted by molar-refractivity contribution is -0.126. The summed E-state index contributed by atoms with van der Waals surface area (Å²) in [5.41, 5.74) is 5.29. The molecular weight excluding hydrogens is 428 g/mol. The van der Waals surface area contributed by atoms with Gasteiger partial charge in [0.15, 0.2) is 0 Å². The molecule has 1 aliphatic carbocycles. The van der Waals surface area contributed by atoms with Gasteiger partial charge in [-0.05, 0) is 25.8 Å². The number of amides is 3. The van der Waals surface area contributed by atoms with Crippen molar-refractivity contribution >= 4 is 27.6 Å². The SMILES string of the molecule is CN[C@@H](CC(C)C)C(=O)N[C@@H]1C=C(C(=O)N[C@@H](CCS(C)(=O)=O)C(N)=O)C[C@@H](O)[C@@H]1O. The number of carbonyl (C=O) groups excluding carboxylic acids is 3. The van der Waals surface area contributed by atoms with E-state index < -0.39 is 57.9 Å². The molecule has 5 atom stereocenters. The predicted octanol–water partition coefficient (Wildman–Crippen LogP) is -2.44. The lowest BCUT2D eigenvalue weighted by Crippen LogP contribution is -2.55. The van der Waals surface area contributed by atoms with E-state index in [0.717, 1.165) is 6.26 Å². The smallest absolute Gasteiger partial charge is 0.247 e. The van der Waals surface area contributed by atoms with Crippen molar-refractivity contribution in [1.82, 2.24) is 16.0 Å². The molecule has 0 bridgehead atoms. The average Bonchev–Trinajstić information content (AvgIpc) is 2.64. The van der Waals surface area contributed by atoms with Crippen LogP contribution in [0.3, 0.4) is 0 Å². The summed E-state index contributed by atoms with van der Waals surface area (Å²) in [5.74, 6) is -2.14. The Bertz CT molecular complexity index is 797. The van der Waals surface area contributed by atoms with Crippen LogP contribution in [0.15, 0.2) is 11.6 Å². The van der Waals surface area contributed by atoms with Crippen molar-refractivity contribution in [2.24, 2.45) is 11.7 Å². The molecule has 7 N–H and O–H groups in total. The Hall–Kier alpha value is -2.02. The summed E-state index contributed by atoms with van der Waals surface area (Å²) >= 11 is 0. The Morgan fingerprint density at radius 1 is 1.23 bits per heavy atom. The van der Waals surface area contributed by atoms with Gasteiger partial charge in [-0.25, -0.2) is 8.42 Å². The number of nitrogens with two attached hydrogens (primary N) is 1. The third kappa shape index (κ3) is 8.93. The van der Waals surface area contributed by atoms with Gasteiger partial charge in [-0.3, -0.25) is 14.4 Å². The van der Waals surface area contributed by atoms with Crippen molar-refractivity contribution in [1.29, 1.82) is 0 Å². The van der Waals surface area contributed by atoms with E-state index in [1.807, 2.05) is 13.8 Å². The van der Waals surface area contributed by atoms with Crippen LogP contribution in [0.4, 0.5) is 0 Å². The third-order valence-electron chi connectivity index (χ3n) is 4.97. The molecule has 0 aromatic carbocycles. The first-order valence-electron chi connectivity index (χ1n) is 10.1. The molecule has 0 unspecified atom stereocenters. The van der Waals surface area contributed by atoms with Gasteiger partial charge in [0.05, 0.1) is 23.9 Å². The second-order valence-corrected chi connectivity index (χ2v) is 10.6. The Balaban J connectivity index is 2.95. The fourth-order valence-electron chi connectivity index (χ4n) is 3.22. The molecule has 11 nitrogen and oxygen atoms in total. The van der Waals surface area contributed by atoms with Crippen LogP contribution in [0, 0.1) is 5.92 Å². The maximum absolute atomic E-state index is 12.6. The van der Waals surface area contributed by atoms with Gasteiger partial charge in [-0.1, -0.05) is 19.9 Å². The van der Waals surface area contributed by atoms with Crippen molar-refractivity contribution in [2.75, 3.05) is 19.1 Å². The van der Waals surface area contributed by atoms with Crippen LogP contribution in [-0.2, 0) is 24.2 Å². The number of hydrogen-bond acceptors (Lipinski definition) is 8. The van der Waals surface area contributed by atoms with E-state index in [4.69, 9.17) is 5.73 Å². The molecule has 1 rings (SSSR count). The average molecular weight is 463 g/mol. The molecule has 0 fully saturated rings. The van der Waals surface area contributed by atoms with Crippen LogP contribution >= 0.6 is 0 Å². The Morgan fingerprint density at radius 3 is 2.32 bits per heavy atom. The first-order valence-corrected chi connectivity index (χ1v) is 12.1. The molecule has 0 aromatic heterocycles. The molecule has 0 heterocycles. The minimum Gasteiger partial charge on any atom is -0.390 e. The number of rotatable bonds is 11. The molecule has 0 aliphatic heterocycles. The standard InChI is InChI=1S/C19H34N4O7S/c1-10(2)7-14(21-3)19(28)23-13-8-11(9-15(24)16(13)25)18(27)22-12(17(20)26)5-6-31(4,29)30/h8,10,12-16,21,24-25H,5-7,9H2,1-4H3,(H2,20,26)(H,22,27)(H,23,28)/t12-,13+,14-,15+,16+/m0/s1. The van der Waals surface area contributed by atoms with Crippen LogP contribution in [-0.4, -0.2) is 85.7 Å². The van der Waals surface area contributed by atoms with E-state index >= 15 is 0 Å². The van der Waals surface area contributed by atoms with Crippen molar-refractivity contribution in [2.45, 2.75) is 63.4 Å². The zero-order chi connectivity index (χ0) is 23.9. The number of carbonyl (C=O) groups is 3. The van der Waals surface area contributed by atoms with Crippen molar-refractivity contribution in [3.63, 3.8) is 0 Å². The van der Waals surface area contributed by atoms with Crippen molar-refractivity contribution in [3.05, 3.63) is 11.6 Å². The Labute approximate surface area is 182 Å². The number of likely N-dealkylation sites (N-methyl/N-ethyl adjacent to an activating group) is 1. The van der Waals surface area contributed by atoms with E-state index in [1.165, 1.54) is 6.08 Å². The highest BCUT2D eigenvalue weighted by molar-refractivity contribution is 7.90. The maximum atomic E-state index is 12.6. The van der Waals surface area contributed by atoms with Crippen molar-refractivity contribution < 1.29 is 33.0 Å². The van der Waals surface area contributed by atoms with Gasteiger partial charge >= 0.3 is 0 Å². The highest BCUT2D eigenvalue weighted by atomic mass is 32.2. The fraction of sp³-hybridized carbons (Fsp3) is 0.737. The summed E-state index contributed by atoms with van der Waals surface area (Å²) in [6.07, 6.45) is -0.187. The molecule has 31 heavy (non-hydrogen) atoms. The largest absolute Gasteiger partial charge is 0.390 e. The van der Waals surface area contributed by atoms with Crippen molar-refractivity contribution in [3.8, 4) is 0 Å². The minimum absolute atomic E-state index is 0.0403. The van der Waals surface area contributed by atoms with Crippen LogP contribution in [0.1, 0.15) is 33.1 Å². The fourth-order valence-corrected chi connectivity index (χ4v) is 3.89. The van der Waals surface area contributed by atoms with Gasteiger partial charge in [0.25, 0.3) is 0 Å². The molecule has 178 valence electrons. The van der Waals surface area contributed by atoms with E-state index in [2.05, 4.69) is 16.0 Å². The van der Waals surface area contributed by atoms with Gasteiger partial charge in [0.1, 0.15) is 22.0 Å². The number of sulfone groups is 1. The van der Waals surface area contributed by atoms with Gasteiger partial charge < -0.3 is 31.9 Å². The van der Waals surface area contributed by atoms with E-state index in [9.17, 15) is 33.0 Å². The summed E-state index contributed by atoms with van der Waals surface area (Å²) in [6.45, 7) is 3.91. The predicted molar refractivity (Wildman–Crippen MR) is 114 cm³/mol. The number of primary amides is 1. The Morgan fingerprint density at radius 2 is 1.84 bits per heavy atom. The molecule has 0 saturated heterocycles. The quantitative estimate of drug-likeness (QED) is 0.195. The van der Waals surface area contributed by atoms with Crippen LogP contribution < -0.4 is 21.7 Å². The normalized spacial score (nSPS) is 23.6. The number of hydrogen-bond donors (Lipinski definition) is 6. The summed E-state index contributed by atoms with van der Waals surface area (Å²) in [4.78, 5) is 36.7. The molecule has 0 aromatic rings. The lowest BCUT2D eigenvalue weighted by Gasteiger charge is -2.32. The molecule has 12 heteroatoms. The first-order chi connectivity index (χ1) is 14.2. The van der Waals surface area contributed by atoms with Crippen LogP contribution in [0.2, 0.25) is 0 Å². The second kappa shape index (κ2) is 11.6. The molecule has 0 radical (unpaired) electrons. The summed E-state index contributed by atoms with van der Waals surface area (Å²) in [6, 6.07) is -2.77. The molecular formula is C19H34N4O7S. The van der Waals surface area contributed by atoms with Crippen LogP contribution in [0.5, 0.6) is 0 Å². The molecule has 0 spiro atoms.